The predicted octanol–water partition coefficient (Wildman–Crippen LogP) is 3.64. The second kappa shape index (κ2) is 13.3. The lowest BCUT2D eigenvalue weighted by Crippen LogP contribution is -2.36. The molecule has 160 valence electrons. The molecule has 0 aliphatic rings. The highest BCUT2D eigenvalue weighted by atomic mass is 127. The second-order valence-electron chi connectivity index (χ2n) is 6.78. The van der Waals surface area contributed by atoms with E-state index < -0.39 is 0 Å². The minimum absolute atomic E-state index is 0. The number of ether oxygens (including phenoxy) is 2. The zero-order valence-corrected chi connectivity index (χ0v) is 20.3. The summed E-state index contributed by atoms with van der Waals surface area (Å²) in [5.74, 6) is 2.34. The number of aliphatic imine (C=N–C) groups is 1. The SMILES string of the molecule is CCNC(=NCc1cccc(CN(C)C)c1)NCc1ccc(OC)cc1OC.I. The van der Waals surface area contributed by atoms with Gasteiger partial charge in [-0.1, -0.05) is 24.3 Å². The zero-order valence-electron chi connectivity index (χ0n) is 18.0. The molecule has 0 spiro atoms. The molecule has 0 amide bonds. The van der Waals surface area contributed by atoms with Crippen LogP contribution in [0.2, 0.25) is 0 Å². The monoisotopic (exact) mass is 512 g/mol. The first-order valence-electron chi connectivity index (χ1n) is 9.51. The van der Waals surface area contributed by atoms with Crippen LogP contribution in [0, 0.1) is 0 Å². The van der Waals surface area contributed by atoms with E-state index in [1.54, 1.807) is 14.2 Å². The van der Waals surface area contributed by atoms with Crippen molar-refractivity contribution in [2.75, 3.05) is 34.9 Å². The van der Waals surface area contributed by atoms with E-state index in [4.69, 9.17) is 14.5 Å². The van der Waals surface area contributed by atoms with Crippen molar-refractivity contribution in [2.45, 2.75) is 26.6 Å². The van der Waals surface area contributed by atoms with Crippen LogP contribution in [0.4, 0.5) is 0 Å². The zero-order chi connectivity index (χ0) is 20.4. The molecular formula is C22H33IN4O2. The van der Waals surface area contributed by atoms with Crippen LogP contribution in [0.15, 0.2) is 47.5 Å². The van der Waals surface area contributed by atoms with Crippen molar-refractivity contribution in [3.05, 3.63) is 59.2 Å². The summed E-state index contributed by atoms with van der Waals surface area (Å²) in [7, 11) is 7.46. The van der Waals surface area contributed by atoms with Gasteiger partial charge in [0.05, 0.1) is 20.8 Å². The van der Waals surface area contributed by atoms with Crippen molar-refractivity contribution >= 4 is 29.9 Å². The molecule has 0 saturated heterocycles. The van der Waals surface area contributed by atoms with Crippen LogP contribution in [-0.4, -0.2) is 45.7 Å². The number of methoxy groups -OCH3 is 2. The molecule has 2 rings (SSSR count). The van der Waals surface area contributed by atoms with Gasteiger partial charge in [-0.2, -0.15) is 0 Å². The molecule has 0 heterocycles. The van der Waals surface area contributed by atoms with Crippen LogP contribution in [0.25, 0.3) is 0 Å². The first kappa shape index (κ1) is 25.0. The van der Waals surface area contributed by atoms with E-state index in [0.29, 0.717) is 13.1 Å². The Morgan fingerprint density at radius 3 is 2.41 bits per heavy atom. The maximum Gasteiger partial charge on any atom is 0.191 e. The number of rotatable bonds is 9. The van der Waals surface area contributed by atoms with E-state index in [2.05, 4.69) is 60.8 Å². The van der Waals surface area contributed by atoms with Crippen molar-refractivity contribution in [2.24, 2.45) is 4.99 Å². The third-order valence-corrected chi connectivity index (χ3v) is 4.19. The third-order valence-electron chi connectivity index (χ3n) is 4.19. The number of guanidine groups is 1. The summed E-state index contributed by atoms with van der Waals surface area (Å²) >= 11 is 0. The molecule has 0 aliphatic carbocycles. The number of nitrogens with zero attached hydrogens (tertiary/aromatic N) is 2. The van der Waals surface area contributed by atoms with Gasteiger partial charge in [0, 0.05) is 31.3 Å². The summed E-state index contributed by atoms with van der Waals surface area (Å²) < 4.78 is 10.7. The molecule has 0 atom stereocenters. The van der Waals surface area contributed by atoms with Gasteiger partial charge in [0.25, 0.3) is 0 Å². The van der Waals surface area contributed by atoms with Crippen molar-refractivity contribution in [3.63, 3.8) is 0 Å². The highest BCUT2D eigenvalue weighted by Crippen LogP contribution is 2.24. The van der Waals surface area contributed by atoms with Gasteiger partial charge in [-0.15, -0.1) is 24.0 Å². The van der Waals surface area contributed by atoms with E-state index in [1.165, 1.54) is 11.1 Å². The Kier molecular flexibility index (Phi) is 11.5. The molecule has 2 N–H and O–H groups in total. The van der Waals surface area contributed by atoms with Crippen molar-refractivity contribution in [1.82, 2.24) is 15.5 Å². The Balaban J connectivity index is 0.00000420. The maximum atomic E-state index is 5.47. The molecule has 2 aromatic carbocycles. The lowest BCUT2D eigenvalue weighted by atomic mass is 10.1. The van der Waals surface area contributed by atoms with Gasteiger partial charge >= 0.3 is 0 Å². The van der Waals surface area contributed by atoms with Gasteiger partial charge in [-0.3, -0.25) is 0 Å². The first-order chi connectivity index (χ1) is 13.5. The summed E-state index contributed by atoms with van der Waals surface area (Å²) in [4.78, 5) is 6.89. The van der Waals surface area contributed by atoms with Gasteiger partial charge in [0.15, 0.2) is 5.96 Å². The minimum Gasteiger partial charge on any atom is -0.497 e. The van der Waals surface area contributed by atoms with E-state index in [1.807, 2.05) is 18.2 Å². The largest absolute Gasteiger partial charge is 0.497 e. The number of hydrogen-bond acceptors (Lipinski definition) is 4. The molecule has 6 nitrogen and oxygen atoms in total. The summed E-state index contributed by atoms with van der Waals surface area (Å²) in [6.07, 6.45) is 0. The normalized spacial score (nSPS) is 11.0. The van der Waals surface area contributed by atoms with Crippen LogP contribution in [0.3, 0.4) is 0 Å². The highest BCUT2D eigenvalue weighted by molar-refractivity contribution is 14.0. The standard InChI is InChI=1S/C22H32N4O2.HI/c1-6-23-22(24-14-17-8-7-9-18(12-17)16-26(2)3)25-15-19-10-11-20(27-4)13-21(19)28-5;/h7-13H,6,14-16H2,1-5H3,(H2,23,24,25);1H. The third kappa shape index (κ3) is 8.49. The van der Waals surface area contributed by atoms with E-state index in [9.17, 15) is 0 Å². The van der Waals surface area contributed by atoms with Crippen molar-refractivity contribution < 1.29 is 9.47 Å². The lowest BCUT2D eigenvalue weighted by Gasteiger charge is -2.14. The Morgan fingerprint density at radius 1 is 1.00 bits per heavy atom. The predicted molar refractivity (Wildman–Crippen MR) is 130 cm³/mol. The molecule has 7 heteroatoms. The molecule has 0 unspecified atom stereocenters. The van der Waals surface area contributed by atoms with Crippen molar-refractivity contribution in [1.29, 1.82) is 0 Å². The lowest BCUT2D eigenvalue weighted by molar-refractivity contribution is 0.390. The summed E-state index contributed by atoms with van der Waals surface area (Å²) in [5.41, 5.74) is 3.53. The second-order valence-corrected chi connectivity index (χ2v) is 6.78. The van der Waals surface area contributed by atoms with Crippen molar-refractivity contribution in [3.8, 4) is 11.5 Å². The van der Waals surface area contributed by atoms with Crippen LogP contribution in [0.5, 0.6) is 11.5 Å². The molecule has 29 heavy (non-hydrogen) atoms. The Hall–Kier alpha value is -2.00. The minimum atomic E-state index is 0. The Bertz CT molecular complexity index is 781. The van der Waals surface area contributed by atoms with Crippen LogP contribution in [-0.2, 0) is 19.6 Å². The van der Waals surface area contributed by atoms with E-state index in [0.717, 1.165) is 36.1 Å². The molecule has 0 fully saturated rings. The summed E-state index contributed by atoms with van der Waals surface area (Å²) in [6, 6.07) is 14.4. The van der Waals surface area contributed by atoms with Gasteiger partial charge in [-0.05, 0) is 44.3 Å². The smallest absolute Gasteiger partial charge is 0.191 e. The molecule has 0 bridgehead atoms. The van der Waals surface area contributed by atoms with Crippen LogP contribution < -0.4 is 20.1 Å². The molecule has 0 radical (unpaired) electrons. The molecule has 0 aromatic heterocycles. The molecule has 0 aliphatic heterocycles. The van der Waals surface area contributed by atoms with Gasteiger partial charge in [0.1, 0.15) is 11.5 Å². The Morgan fingerprint density at radius 2 is 1.76 bits per heavy atom. The summed E-state index contributed by atoms with van der Waals surface area (Å²) in [5, 5.41) is 6.67. The molecular weight excluding hydrogens is 479 g/mol. The molecule has 2 aromatic rings. The fraction of sp³-hybridized carbons (Fsp3) is 0.409. The van der Waals surface area contributed by atoms with Crippen LogP contribution >= 0.6 is 24.0 Å². The van der Waals surface area contributed by atoms with Crippen LogP contribution in [0.1, 0.15) is 23.6 Å². The quantitative estimate of drug-likeness (QED) is 0.305. The average Bonchev–Trinajstić information content (AvgIpc) is 2.69. The fourth-order valence-electron chi connectivity index (χ4n) is 2.88. The first-order valence-corrected chi connectivity index (χ1v) is 9.51. The number of hydrogen-bond donors (Lipinski definition) is 2. The number of nitrogens with one attached hydrogen (secondary N) is 2. The number of halogens is 1. The van der Waals surface area contributed by atoms with E-state index in [-0.39, 0.29) is 24.0 Å². The van der Waals surface area contributed by atoms with Gasteiger partial charge < -0.3 is 25.0 Å². The number of benzene rings is 2. The maximum absolute atomic E-state index is 5.47. The van der Waals surface area contributed by atoms with Gasteiger partial charge in [0.2, 0.25) is 0 Å². The molecule has 0 saturated carbocycles. The average molecular weight is 512 g/mol. The Labute approximate surface area is 191 Å². The van der Waals surface area contributed by atoms with E-state index >= 15 is 0 Å². The van der Waals surface area contributed by atoms with Gasteiger partial charge in [-0.25, -0.2) is 4.99 Å². The summed E-state index contributed by atoms with van der Waals surface area (Å²) in [6.45, 7) is 5.01. The highest BCUT2D eigenvalue weighted by Gasteiger charge is 2.06. The fourth-order valence-corrected chi connectivity index (χ4v) is 2.88. The topological polar surface area (TPSA) is 58.1 Å².